The standard InChI is InChI=1S/C19H20IN3O2/c1-10-7-15-16(8-11(10)2)23-19(25)17(21-15)9-18(24)22-14-5-4-13(20)6-12(14)3/h4-8,17,21H,9H2,1-3H3,(H,22,24)(H,23,25)/t17-/m1/s1. The largest absolute Gasteiger partial charge is 0.372 e. The van der Waals surface area contributed by atoms with Crippen molar-refractivity contribution in [3.63, 3.8) is 0 Å². The van der Waals surface area contributed by atoms with E-state index in [2.05, 4.69) is 38.5 Å². The third-order valence-electron chi connectivity index (χ3n) is 4.39. The molecule has 2 aromatic rings. The SMILES string of the molecule is Cc1cc2c(cc1C)N[C@H](CC(=O)Nc1ccc(I)cc1C)C(=O)N2. The summed E-state index contributed by atoms with van der Waals surface area (Å²) in [7, 11) is 0. The predicted molar refractivity (Wildman–Crippen MR) is 109 cm³/mol. The van der Waals surface area contributed by atoms with Crippen LogP contribution in [0.4, 0.5) is 17.1 Å². The first-order valence-corrected chi connectivity index (χ1v) is 9.16. The van der Waals surface area contributed by atoms with Gasteiger partial charge in [-0.25, -0.2) is 0 Å². The van der Waals surface area contributed by atoms with Crippen molar-refractivity contribution >= 4 is 51.5 Å². The van der Waals surface area contributed by atoms with E-state index >= 15 is 0 Å². The van der Waals surface area contributed by atoms with Crippen molar-refractivity contribution in [2.75, 3.05) is 16.0 Å². The fourth-order valence-electron chi connectivity index (χ4n) is 2.81. The lowest BCUT2D eigenvalue weighted by Gasteiger charge is -2.27. The number of fused-ring (bicyclic) bond motifs is 1. The van der Waals surface area contributed by atoms with Crippen molar-refractivity contribution in [2.24, 2.45) is 0 Å². The molecule has 6 heteroatoms. The Morgan fingerprint density at radius 3 is 2.44 bits per heavy atom. The van der Waals surface area contributed by atoms with Crippen LogP contribution in [-0.2, 0) is 9.59 Å². The van der Waals surface area contributed by atoms with E-state index in [0.29, 0.717) is 0 Å². The maximum atomic E-state index is 12.4. The Kier molecular flexibility index (Phi) is 4.99. The molecule has 1 aliphatic heterocycles. The highest BCUT2D eigenvalue weighted by atomic mass is 127. The lowest BCUT2D eigenvalue weighted by molar-refractivity contribution is -0.122. The molecule has 0 unspecified atom stereocenters. The van der Waals surface area contributed by atoms with E-state index in [0.717, 1.165) is 37.3 Å². The van der Waals surface area contributed by atoms with E-state index in [9.17, 15) is 9.59 Å². The zero-order valence-electron chi connectivity index (χ0n) is 14.4. The molecule has 0 fully saturated rings. The van der Waals surface area contributed by atoms with Crippen LogP contribution in [0.3, 0.4) is 0 Å². The number of aryl methyl sites for hydroxylation is 3. The highest BCUT2D eigenvalue weighted by molar-refractivity contribution is 14.1. The van der Waals surface area contributed by atoms with Gasteiger partial charge in [0.05, 0.1) is 17.8 Å². The van der Waals surface area contributed by atoms with Crippen molar-refractivity contribution in [1.29, 1.82) is 0 Å². The topological polar surface area (TPSA) is 70.2 Å². The van der Waals surface area contributed by atoms with Crippen LogP contribution in [0.1, 0.15) is 23.1 Å². The van der Waals surface area contributed by atoms with Gasteiger partial charge in [0.15, 0.2) is 0 Å². The summed E-state index contributed by atoms with van der Waals surface area (Å²) in [5.41, 5.74) is 5.64. The van der Waals surface area contributed by atoms with E-state index in [1.807, 2.05) is 51.1 Å². The summed E-state index contributed by atoms with van der Waals surface area (Å²) < 4.78 is 1.11. The first-order chi connectivity index (χ1) is 11.8. The van der Waals surface area contributed by atoms with Gasteiger partial charge in [-0.15, -0.1) is 0 Å². The third-order valence-corrected chi connectivity index (χ3v) is 5.06. The Hall–Kier alpha value is -2.09. The second kappa shape index (κ2) is 7.03. The van der Waals surface area contributed by atoms with Crippen molar-refractivity contribution < 1.29 is 9.59 Å². The van der Waals surface area contributed by atoms with Gasteiger partial charge < -0.3 is 16.0 Å². The van der Waals surface area contributed by atoms with Crippen LogP contribution in [0, 0.1) is 24.3 Å². The van der Waals surface area contributed by atoms with Crippen LogP contribution < -0.4 is 16.0 Å². The van der Waals surface area contributed by atoms with E-state index in [1.165, 1.54) is 0 Å². The van der Waals surface area contributed by atoms with Crippen LogP contribution in [0.5, 0.6) is 0 Å². The molecule has 0 spiro atoms. The molecule has 2 amide bonds. The summed E-state index contributed by atoms with van der Waals surface area (Å²) in [4.78, 5) is 24.7. The normalized spacial score (nSPS) is 15.8. The van der Waals surface area contributed by atoms with Gasteiger partial charge in [0.2, 0.25) is 11.8 Å². The number of nitrogens with one attached hydrogen (secondary N) is 3. The number of amides is 2. The molecule has 0 bridgehead atoms. The average Bonchev–Trinajstić information content (AvgIpc) is 2.53. The summed E-state index contributed by atoms with van der Waals surface area (Å²) in [5.74, 6) is -0.380. The van der Waals surface area contributed by atoms with Gasteiger partial charge in [-0.2, -0.15) is 0 Å². The summed E-state index contributed by atoms with van der Waals surface area (Å²) in [5, 5.41) is 8.95. The number of hydrogen-bond donors (Lipinski definition) is 3. The molecule has 3 rings (SSSR count). The van der Waals surface area contributed by atoms with Crippen molar-refractivity contribution in [2.45, 2.75) is 33.2 Å². The molecular weight excluding hydrogens is 429 g/mol. The van der Waals surface area contributed by atoms with E-state index in [4.69, 9.17) is 0 Å². The van der Waals surface area contributed by atoms with Crippen LogP contribution in [-0.4, -0.2) is 17.9 Å². The summed E-state index contributed by atoms with van der Waals surface area (Å²) in [6.07, 6.45) is 0.0730. The molecule has 2 aromatic carbocycles. The molecule has 0 saturated heterocycles. The Labute approximate surface area is 160 Å². The number of rotatable bonds is 3. The first-order valence-electron chi connectivity index (χ1n) is 8.08. The molecule has 0 aliphatic carbocycles. The van der Waals surface area contributed by atoms with Crippen LogP contribution in [0.2, 0.25) is 0 Å². The zero-order valence-corrected chi connectivity index (χ0v) is 16.5. The van der Waals surface area contributed by atoms with Gasteiger partial charge in [0, 0.05) is 9.26 Å². The molecule has 0 saturated carbocycles. The van der Waals surface area contributed by atoms with Crippen LogP contribution in [0.25, 0.3) is 0 Å². The zero-order chi connectivity index (χ0) is 18.1. The maximum Gasteiger partial charge on any atom is 0.247 e. The third kappa shape index (κ3) is 3.95. The van der Waals surface area contributed by atoms with Gasteiger partial charge >= 0.3 is 0 Å². The molecule has 1 atom stereocenters. The lowest BCUT2D eigenvalue weighted by Crippen LogP contribution is -2.41. The summed E-state index contributed by atoms with van der Waals surface area (Å²) >= 11 is 2.23. The Bertz CT molecular complexity index is 864. The van der Waals surface area contributed by atoms with Gasteiger partial charge in [-0.3, -0.25) is 9.59 Å². The van der Waals surface area contributed by atoms with E-state index in [-0.39, 0.29) is 18.2 Å². The number of hydrogen-bond acceptors (Lipinski definition) is 3. The molecule has 130 valence electrons. The minimum absolute atomic E-state index is 0.0730. The lowest BCUT2D eigenvalue weighted by atomic mass is 10.0. The monoisotopic (exact) mass is 449 g/mol. The molecule has 25 heavy (non-hydrogen) atoms. The smallest absolute Gasteiger partial charge is 0.247 e. The summed E-state index contributed by atoms with van der Waals surface area (Å²) in [6, 6.07) is 9.18. The number of carbonyl (C=O) groups is 2. The molecule has 3 N–H and O–H groups in total. The molecule has 1 heterocycles. The number of carbonyl (C=O) groups excluding carboxylic acids is 2. The Morgan fingerprint density at radius 1 is 1.08 bits per heavy atom. The average molecular weight is 449 g/mol. The van der Waals surface area contributed by atoms with Crippen molar-refractivity contribution in [3.05, 3.63) is 50.6 Å². The van der Waals surface area contributed by atoms with Crippen LogP contribution >= 0.6 is 22.6 Å². The number of halogens is 1. The van der Waals surface area contributed by atoms with E-state index < -0.39 is 6.04 Å². The highest BCUT2D eigenvalue weighted by Crippen LogP contribution is 2.30. The van der Waals surface area contributed by atoms with Gasteiger partial charge in [-0.1, -0.05) is 0 Å². The second-order valence-electron chi connectivity index (χ2n) is 6.38. The fraction of sp³-hybridized carbons (Fsp3) is 0.263. The maximum absolute atomic E-state index is 12.4. The van der Waals surface area contributed by atoms with Crippen LogP contribution in [0.15, 0.2) is 30.3 Å². The first kappa shape index (κ1) is 17.7. The minimum atomic E-state index is -0.584. The van der Waals surface area contributed by atoms with E-state index in [1.54, 1.807) is 0 Å². The van der Waals surface area contributed by atoms with Crippen molar-refractivity contribution in [3.8, 4) is 0 Å². The number of benzene rings is 2. The number of anilines is 3. The van der Waals surface area contributed by atoms with Gasteiger partial charge in [0.1, 0.15) is 6.04 Å². The molecular formula is C19H20IN3O2. The minimum Gasteiger partial charge on any atom is -0.372 e. The fourth-order valence-corrected chi connectivity index (χ4v) is 3.46. The summed E-state index contributed by atoms with van der Waals surface area (Å²) in [6.45, 7) is 5.98. The van der Waals surface area contributed by atoms with Gasteiger partial charge in [0.25, 0.3) is 0 Å². The molecule has 1 aliphatic rings. The van der Waals surface area contributed by atoms with Crippen molar-refractivity contribution in [1.82, 2.24) is 0 Å². The highest BCUT2D eigenvalue weighted by Gasteiger charge is 2.28. The Balaban J connectivity index is 1.71. The molecule has 0 radical (unpaired) electrons. The molecule has 0 aromatic heterocycles. The van der Waals surface area contributed by atoms with Gasteiger partial charge in [-0.05, 0) is 90.4 Å². The predicted octanol–water partition coefficient (Wildman–Crippen LogP) is 3.98. The Morgan fingerprint density at radius 2 is 1.76 bits per heavy atom. The second-order valence-corrected chi connectivity index (χ2v) is 7.63. The quantitative estimate of drug-likeness (QED) is 0.621. The molecule has 5 nitrogen and oxygen atoms in total.